The SMILES string of the molecule is CN1CC[C@H](O)[C@H](C(=O)N(C)Cc2cccc3cnccc23)C1. The second kappa shape index (κ2) is 6.64. The molecule has 2 aromatic rings. The topological polar surface area (TPSA) is 56.7 Å². The van der Waals surface area contributed by atoms with Crippen molar-refractivity contribution in [1.29, 1.82) is 0 Å². The van der Waals surface area contributed by atoms with E-state index in [1.807, 2.05) is 44.6 Å². The first kappa shape index (κ1) is 15.9. The summed E-state index contributed by atoms with van der Waals surface area (Å²) in [4.78, 5) is 20.7. The fraction of sp³-hybridized carbons (Fsp3) is 0.444. The second-order valence-corrected chi connectivity index (χ2v) is 6.43. The first-order valence-corrected chi connectivity index (χ1v) is 7.99. The molecular weight excluding hydrogens is 290 g/mol. The molecule has 1 saturated heterocycles. The fourth-order valence-corrected chi connectivity index (χ4v) is 3.29. The Kier molecular flexibility index (Phi) is 4.59. The van der Waals surface area contributed by atoms with Crippen LogP contribution in [0.1, 0.15) is 12.0 Å². The molecule has 0 unspecified atom stereocenters. The van der Waals surface area contributed by atoms with Crippen molar-refractivity contribution < 1.29 is 9.90 Å². The Bertz CT molecular complexity index is 698. The molecule has 2 atom stereocenters. The number of piperidine rings is 1. The maximum Gasteiger partial charge on any atom is 0.229 e. The van der Waals surface area contributed by atoms with Crippen molar-refractivity contribution in [3.05, 3.63) is 42.2 Å². The smallest absolute Gasteiger partial charge is 0.229 e. The number of aromatic nitrogens is 1. The van der Waals surface area contributed by atoms with Crippen molar-refractivity contribution in [1.82, 2.24) is 14.8 Å². The maximum absolute atomic E-state index is 12.7. The van der Waals surface area contributed by atoms with E-state index in [2.05, 4.69) is 9.88 Å². The minimum absolute atomic E-state index is 0.00936. The minimum Gasteiger partial charge on any atom is -0.392 e. The van der Waals surface area contributed by atoms with Crippen molar-refractivity contribution in [2.24, 2.45) is 5.92 Å². The quantitative estimate of drug-likeness (QED) is 0.933. The first-order chi connectivity index (χ1) is 11.1. The predicted molar refractivity (Wildman–Crippen MR) is 89.8 cm³/mol. The minimum atomic E-state index is -0.544. The molecule has 122 valence electrons. The van der Waals surface area contributed by atoms with Crippen LogP contribution in [0.4, 0.5) is 0 Å². The molecule has 1 N–H and O–H groups in total. The molecule has 1 aromatic carbocycles. The van der Waals surface area contributed by atoms with Gasteiger partial charge in [-0.3, -0.25) is 9.78 Å². The molecule has 5 nitrogen and oxygen atoms in total. The van der Waals surface area contributed by atoms with Crippen molar-refractivity contribution in [3.63, 3.8) is 0 Å². The standard InChI is InChI=1S/C18H23N3O2/c1-20-9-7-17(22)16(12-20)18(23)21(2)11-14-5-3-4-13-10-19-8-6-15(13)14/h3-6,8,10,16-17,22H,7,9,11-12H2,1-2H3/t16-,17+/m1/s1. The van der Waals surface area contributed by atoms with E-state index in [9.17, 15) is 9.90 Å². The molecule has 0 aliphatic carbocycles. The molecule has 2 heterocycles. The summed E-state index contributed by atoms with van der Waals surface area (Å²) in [5, 5.41) is 12.3. The van der Waals surface area contributed by atoms with Gasteiger partial charge in [0.1, 0.15) is 0 Å². The number of fused-ring (bicyclic) bond motifs is 1. The van der Waals surface area contributed by atoms with Gasteiger partial charge in [-0.2, -0.15) is 0 Å². The van der Waals surface area contributed by atoms with E-state index in [1.54, 1.807) is 11.1 Å². The lowest BCUT2D eigenvalue weighted by Crippen LogP contribution is -2.48. The number of aliphatic hydroxyl groups is 1. The third-order valence-corrected chi connectivity index (χ3v) is 4.65. The van der Waals surface area contributed by atoms with Gasteiger partial charge in [0.05, 0.1) is 12.0 Å². The van der Waals surface area contributed by atoms with E-state index in [0.717, 1.165) is 22.9 Å². The number of amides is 1. The molecule has 1 aliphatic rings. The Balaban J connectivity index is 1.77. The molecule has 0 bridgehead atoms. The molecule has 5 heteroatoms. The lowest BCUT2D eigenvalue weighted by atomic mass is 9.93. The summed E-state index contributed by atoms with van der Waals surface area (Å²) in [5.74, 6) is -0.328. The largest absolute Gasteiger partial charge is 0.392 e. The van der Waals surface area contributed by atoms with E-state index in [-0.39, 0.29) is 11.8 Å². The van der Waals surface area contributed by atoms with Crippen LogP contribution in [0.15, 0.2) is 36.7 Å². The molecule has 0 spiro atoms. The third kappa shape index (κ3) is 3.35. The molecule has 0 radical (unpaired) electrons. The van der Waals surface area contributed by atoms with Gasteiger partial charge in [0.15, 0.2) is 0 Å². The summed E-state index contributed by atoms with van der Waals surface area (Å²) in [5.41, 5.74) is 1.10. The van der Waals surface area contributed by atoms with Crippen LogP contribution >= 0.6 is 0 Å². The van der Waals surface area contributed by atoms with E-state index in [0.29, 0.717) is 19.5 Å². The Labute approximate surface area is 136 Å². The molecule has 1 amide bonds. The highest BCUT2D eigenvalue weighted by Gasteiger charge is 2.33. The average Bonchev–Trinajstić information content (AvgIpc) is 2.56. The van der Waals surface area contributed by atoms with Gasteiger partial charge in [-0.05, 0) is 30.5 Å². The zero-order valence-electron chi connectivity index (χ0n) is 13.6. The fourth-order valence-electron chi connectivity index (χ4n) is 3.29. The molecule has 0 saturated carbocycles. The summed E-state index contributed by atoms with van der Waals surface area (Å²) in [6.45, 7) is 1.99. The first-order valence-electron chi connectivity index (χ1n) is 7.99. The summed E-state index contributed by atoms with van der Waals surface area (Å²) in [6, 6.07) is 8.02. The zero-order chi connectivity index (χ0) is 16.4. The number of benzene rings is 1. The van der Waals surface area contributed by atoms with E-state index < -0.39 is 6.10 Å². The van der Waals surface area contributed by atoms with E-state index in [4.69, 9.17) is 0 Å². The van der Waals surface area contributed by atoms with Crippen LogP contribution in [0.2, 0.25) is 0 Å². The van der Waals surface area contributed by atoms with Crippen molar-refractivity contribution in [2.45, 2.75) is 19.1 Å². The van der Waals surface area contributed by atoms with Gasteiger partial charge in [-0.15, -0.1) is 0 Å². The number of hydrogen-bond donors (Lipinski definition) is 1. The van der Waals surface area contributed by atoms with Crippen molar-refractivity contribution in [2.75, 3.05) is 27.2 Å². The van der Waals surface area contributed by atoms with Crippen molar-refractivity contribution >= 4 is 16.7 Å². The summed E-state index contributed by atoms with van der Waals surface area (Å²) >= 11 is 0. The highest BCUT2D eigenvalue weighted by Crippen LogP contribution is 2.22. The molecule has 23 heavy (non-hydrogen) atoms. The van der Waals surface area contributed by atoms with Crippen LogP contribution in [-0.2, 0) is 11.3 Å². The highest BCUT2D eigenvalue weighted by atomic mass is 16.3. The van der Waals surface area contributed by atoms with Crippen LogP contribution in [0.25, 0.3) is 10.8 Å². The molecule has 1 aromatic heterocycles. The van der Waals surface area contributed by atoms with Gasteiger partial charge in [-0.25, -0.2) is 0 Å². The predicted octanol–water partition coefficient (Wildman–Crippen LogP) is 1.51. The second-order valence-electron chi connectivity index (χ2n) is 6.43. The highest BCUT2D eigenvalue weighted by molar-refractivity contribution is 5.85. The van der Waals surface area contributed by atoms with Gasteiger partial charge >= 0.3 is 0 Å². The Morgan fingerprint density at radius 1 is 1.43 bits per heavy atom. The van der Waals surface area contributed by atoms with Gasteiger partial charge in [0.25, 0.3) is 0 Å². The monoisotopic (exact) mass is 313 g/mol. The number of aliphatic hydroxyl groups excluding tert-OH is 1. The molecule has 1 fully saturated rings. The normalized spacial score (nSPS) is 22.2. The van der Waals surface area contributed by atoms with Crippen LogP contribution in [0.3, 0.4) is 0 Å². The third-order valence-electron chi connectivity index (χ3n) is 4.65. The van der Waals surface area contributed by atoms with Crippen LogP contribution in [0.5, 0.6) is 0 Å². The van der Waals surface area contributed by atoms with Gasteiger partial charge in [-0.1, -0.05) is 18.2 Å². The molecular formula is C18H23N3O2. The van der Waals surface area contributed by atoms with Crippen LogP contribution in [0, 0.1) is 5.92 Å². The molecule has 1 aliphatic heterocycles. The maximum atomic E-state index is 12.7. The van der Waals surface area contributed by atoms with Crippen molar-refractivity contribution in [3.8, 4) is 0 Å². The lowest BCUT2D eigenvalue weighted by Gasteiger charge is -2.35. The lowest BCUT2D eigenvalue weighted by molar-refractivity contribution is -0.141. The van der Waals surface area contributed by atoms with Gasteiger partial charge in [0, 0.05) is 44.5 Å². The Morgan fingerprint density at radius 3 is 3.09 bits per heavy atom. The Hall–Kier alpha value is -1.98. The zero-order valence-corrected chi connectivity index (χ0v) is 13.6. The van der Waals surface area contributed by atoms with Gasteiger partial charge < -0.3 is 14.9 Å². The molecule has 3 rings (SSSR count). The van der Waals surface area contributed by atoms with E-state index >= 15 is 0 Å². The summed E-state index contributed by atoms with van der Waals surface area (Å²) < 4.78 is 0. The number of carbonyl (C=O) groups excluding carboxylic acids is 1. The van der Waals surface area contributed by atoms with Crippen LogP contribution < -0.4 is 0 Å². The number of nitrogens with zero attached hydrogens (tertiary/aromatic N) is 3. The average molecular weight is 313 g/mol. The summed E-state index contributed by atoms with van der Waals surface area (Å²) in [6.07, 6.45) is 3.71. The number of pyridine rings is 1. The number of carbonyl (C=O) groups is 1. The summed E-state index contributed by atoms with van der Waals surface area (Å²) in [7, 11) is 3.80. The number of hydrogen-bond acceptors (Lipinski definition) is 4. The van der Waals surface area contributed by atoms with Crippen LogP contribution in [-0.4, -0.2) is 59.1 Å². The number of rotatable bonds is 3. The van der Waals surface area contributed by atoms with Gasteiger partial charge in [0.2, 0.25) is 5.91 Å². The van der Waals surface area contributed by atoms with E-state index in [1.165, 1.54) is 0 Å². The Morgan fingerprint density at radius 2 is 2.26 bits per heavy atom. The number of likely N-dealkylation sites (tertiary alicyclic amines) is 1.